The van der Waals surface area contributed by atoms with Gasteiger partial charge >= 0.3 is 6.03 Å². The fourth-order valence-electron chi connectivity index (χ4n) is 4.34. The molecule has 0 aromatic heterocycles. The molecule has 1 fully saturated rings. The SMILES string of the molecule is Cc1ccc(S(=O)(=O)Nc2ccc(NC(=O)N[C@H](CC(C)C)C(=O)NCC3CCCCC3)cc2)cc1. The van der Waals surface area contributed by atoms with Crippen molar-refractivity contribution in [3.05, 3.63) is 54.1 Å². The monoisotopic (exact) mass is 514 g/mol. The van der Waals surface area contributed by atoms with Crippen molar-refractivity contribution in [2.45, 2.75) is 70.2 Å². The predicted molar refractivity (Wildman–Crippen MR) is 143 cm³/mol. The van der Waals surface area contributed by atoms with Crippen molar-refractivity contribution in [3.8, 4) is 0 Å². The quantitative estimate of drug-likeness (QED) is 0.356. The van der Waals surface area contributed by atoms with Crippen LogP contribution in [-0.2, 0) is 14.8 Å². The summed E-state index contributed by atoms with van der Waals surface area (Å²) in [5.41, 5.74) is 1.83. The van der Waals surface area contributed by atoms with Crippen LogP contribution in [0.5, 0.6) is 0 Å². The maximum atomic E-state index is 12.8. The summed E-state index contributed by atoms with van der Waals surface area (Å²) < 4.78 is 27.7. The molecule has 0 unspecified atom stereocenters. The smallest absolute Gasteiger partial charge is 0.319 e. The van der Waals surface area contributed by atoms with Crippen molar-refractivity contribution in [1.29, 1.82) is 0 Å². The molecular weight excluding hydrogens is 476 g/mol. The third-order valence-corrected chi connectivity index (χ3v) is 7.74. The fourth-order valence-corrected chi connectivity index (χ4v) is 5.40. The highest BCUT2D eigenvalue weighted by Gasteiger charge is 2.23. The van der Waals surface area contributed by atoms with Crippen molar-refractivity contribution >= 4 is 33.3 Å². The van der Waals surface area contributed by atoms with Crippen LogP contribution in [0.4, 0.5) is 16.2 Å². The van der Waals surface area contributed by atoms with E-state index in [4.69, 9.17) is 0 Å². The number of hydrogen-bond acceptors (Lipinski definition) is 4. The number of carbonyl (C=O) groups is 2. The van der Waals surface area contributed by atoms with Crippen molar-refractivity contribution in [2.24, 2.45) is 11.8 Å². The zero-order valence-corrected chi connectivity index (χ0v) is 22.2. The summed E-state index contributed by atoms with van der Waals surface area (Å²) >= 11 is 0. The largest absolute Gasteiger partial charge is 0.354 e. The van der Waals surface area contributed by atoms with E-state index in [1.807, 2.05) is 20.8 Å². The average molecular weight is 515 g/mol. The highest BCUT2D eigenvalue weighted by Crippen LogP contribution is 2.23. The third-order valence-electron chi connectivity index (χ3n) is 6.34. The van der Waals surface area contributed by atoms with Gasteiger partial charge in [-0.25, -0.2) is 13.2 Å². The van der Waals surface area contributed by atoms with Gasteiger partial charge in [-0.3, -0.25) is 9.52 Å². The predicted octanol–water partition coefficient (Wildman–Crippen LogP) is 5.03. The van der Waals surface area contributed by atoms with Gasteiger partial charge in [0.1, 0.15) is 6.04 Å². The van der Waals surface area contributed by atoms with E-state index in [0.717, 1.165) is 18.4 Å². The first kappa shape index (κ1) is 27.5. The molecule has 2 aromatic carbocycles. The minimum absolute atomic E-state index is 0.162. The fraction of sp³-hybridized carbons (Fsp3) is 0.481. The lowest BCUT2D eigenvalue weighted by Gasteiger charge is -2.24. The summed E-state index contributed by atoms with van der Waals surface area (Å²) in [5, 5.41) is 8.54. The van der Waals surface area contributed by atoms with Gasteiger partial charge in [0.05, 0.1) is 4.90 Å². The molecule has 36 heavy (non-hydrogen) atoms. The number of rotatable bonds is 10. The molecule has 3 rings (SSSR count). The Kier molecular flexibility index (Phi) is 9.75. The van der Waals surface area contributed by atoms with Gasteiger partial charge in [-0.1, -0.05) is 50.8 Å². The van der Waals surface area contributed by atoms with E-state index in [-0.39, 0.29) is 16.7 Å². The molecule has 2 aromatic rings. The lowest BCUT2D eigenvalue weighted by Crippen LogP contribution is -2.49. The molecule has 0 heterocycles. The first-order valence-electron chi connectivity index (χ1n) is 12.7. The van der Waals surface area contributed by atoms with Gasteiger partial charge in [0.2, 0.25) is 5.91 Å². The number of anilines is 2. The van der Waals surface area contributed by atoms with Gasteiger partial charge in [0.15, 0.2) is 0 Å². The summed E-state index contributed by atoms with van der Waals surface area (Å²) in [6, 6.07) is 11.8. The summed E-state index contributed by atoms with van der Waals surface area (Å²) in [4.78, 5) is 25.6. The number of carbonyl (C=O) groups excluding carboxylic acids is 2. The molecule has 0 bridgehead atoms. The van der Waals surface area contributed by atoms with Crippen LogP contribution >= 0.6 is 0 Å². The zero-order chi connectivity index (χ0) is 26.1. The van der Waals surface area contributed by atoms with Crippen LogP contribution in [0.2, 0.25) is 0 Å². The molecule has 196 valence electrons. The molecule has 0 aliphatic heterocycles. The first-order valence-corrected chi connectivity index (χ1v) is 14.2. The van der Waals surface area contributed by atoms with Gasteiger partial charge in [-0.15, -0.1) is 0 Å². The number of hydrogen-bond donors (Lipinski definition) is 4. The number of benzene rings is 2. The molecule has 0 radical (unpaired) electrons. The first-order chi connectivity index (χ1) is 17.1. The van der Waals surface area contributed by atoms with E-state index in [9.17, 15) is 18.0 Å². The molecule has 4 N–H and O–H groups in total. The van der Waals surface area contributed by atoms with Crippen LogP contribution in [0, 0.1) is 18.8 Å². The number of nitrogens with one attached hydrogen (secondary N) is 4. The lowest BCUT2D eigenvalue weighted by molar-refractivity contribution is -0.123. The van der Waals surface area contributed by atoms with Crippen LogP contribution in [0.15, 0.2) is 53.4 Å². The highest BCUT2D eigenvalue weighted by atomic mass is 32.2. The molecule has 0 saturated heterocycles. The Morgan fingerprint density at radius 3 is 2.14 bits per heavy atom. The molecule has 1 saturated carbocycles. The molecule has 1 aliphatic carbocycles. The second-order valence-electron chi connectivity index (χ2n) is 10.0. The number of urea groups is 1. The van der Waals surface area contributed by atoms with Gasteiger partial charge < -0.3 is 16.0 Å². The van der Waals surface area contributed by atoms with Crippen LogP contribution in [0.3, 0.4) is 0 Å². The molecular formula is C27H38N4O4S. The minimum Gasteiger partial charge on any atom is -0.354 e. The molecule has 0 spiro atoms. The van der Waals surface area contributed by atoms with Gasteiger partial charge in [-0.05, 0) is 74.4 Å². The maximum absolute atomic E-state index is 12.8. The summed E-state index contributed by atoms with van der Waals surface area (Å²) in [6.07, 6.45) is 6.50. The van der Waals surface area contributed by atoms with Crippen molar-refractivity contribution in [3.63, 3.8) is 0 Å². The average Bonchev–Trinajstić information content (AvgIpc) is 2.84. The van der Waals surface area contributed by atoms with Crippen LogP contribution in [-0.4, -0.2) is 32.9 Å². The maximum Gasteiger partial charge on any atom is 0.319 e. The normalized spacial score (nSPS) is 15.2. The molecule has 1 aliphatic rings. The van der Waals surface area contributed by atoms with E-state index in [1.54, 1.807) is 48.5 Å². The summed E-state index contributed by atoms with van der Waals surface area (Å²) in [7, 11) is -3.71. The van der Waals surface area contributed by atoms with E-state index < -0.39 is 22.1 Å². The van der Waals surface area contributed by atoms with E-state index >= 15 is 0 Å². The topological polar surface area (TPSA) is 116 Å². The second kappa shape index (κ2) is 12.8. The Hall–Kier alpha value is -3.07. The number of aryl methyl sites for hydroxylation is 1. The highest BCUT2D eigenvalue weighted by molar-refractivity contribution is 7.92. The van der Waals surface area contributed by atoms with Gasteiger partial charge in [-0.2, -0.15) is 0 Å². The Morgan fingerprint density at radius 2 is 1.53 bits per heavy atom. The Labute approximate surface area is 214 Å². The van der Waals surface area contributed by atoms with Crippen LogP contribution < -0.4 is 20.7 Å². The minimum atomic E-state index is -3.71. The Balaban J connectivity index is 1.54. The standard InChI is InChI=1S/C27H38N4O4S/c1-19(2)17-25(26(32)28-18-21-7-5-4-6-8-21)30-27(33)29-22-11-13-23(14-12-22)31-36(34,35)24-15-9-20(3)10-16-24/h9-16,19,21,25,31H,4-8,17-18H2,1-3H3,(H,28,32)(H2,29,30,33)/t25-/m1/s1. The van der Waals surface area contributed by atoms with Crippen LogP contribution in [0.1, 0.15) is 57.9 Å². The van der Waals surface area contributed by atoms with Gasteiger partial charge in [0, 0.05) is 17.9 Å². The van der Waals surface area contributed by atoms with Crippen molar-refractivity contribution in [1.82, 2.24) is 10.6 Å². The molecule has 8 nitrogen and oxygen atoms in total. The zero-order valence-electron chi connectivity index (χ0n) is 21.3. The third kappa shape index (κ3) is 8.55. The number of amides is 3. The Morgan fingerprint density at radius 1 is 0.917 bits per heavy atom. The second-order valence-corrected chi connectivity index (χ2v) is 11.7. The van der Waals surface area contributed by atoms with Gasteiger partial charge in [0.25, 0.3) is 10.0 Å². The number of sulfonamides is 1. The summed E-state index contributed by atoms with van der Waals surface area (Å²) in [5.74, 6) is 0.583. The van der Waals surface area contributed by atoms with E-state index in [0.29, 0.717) is 30.3 Å². The Bertz CT molecular complexity index is 1110. The van der Waals surface area contributed by atoms with E-state index in [1.165, 1.54) is 19.3 Å². The van der Waals surface area contributed by atoms with Crippen molar-refractivity contribution < 1.29 is 18.0 Å². The van der Waals surface area contributed by atoms with Crippen LogP contribution in [0.25, 0.3) is 0 Å². The summed E-state index contributed by atoms with van der Waals surface area (Å²) in [6.45, 7) is 6.56. The molecule has 3 amide bonds. The lowest BCUT2D eigenvalue weighted by atomic mass is 9.89. The molecule has 9 heteroatoms. The molecule has 1 atom stereocenters. The van der Waals surface area contributed by atoms with E-state index in [2.05, 4.69) is 20.7 Å². The van der Waals surface area contributed by atoms with Crippen molar-refractivity contribution in [2.75, 3.05) is 16.6 Å².